The van der Waals surface area contributed by atoms with E-state index in [1.54, 1.807) is 0 Å². The molecule has 0 heterocycles. The molecule has 0 bridgehead atoms. The van der Waals surface area contributed by atoms with Crippen molar-refractivity contribution < 1.29 is 13.2 Å². The highest BCUT2D eigenvalue weighted by atomic mass is 32.2. The standard InChI is InChI=1S/C18H22N2O3S/c1-4-14-5-7-15(8-6-14)13(2)20-18(21)16-9-11-17(12-10-16)24(22,23)19-3/h5-13,19H,4H2,1-3H3,(H,20,21). The molecule has 0 aliphatic rings. The molecule has 24 heavy (non-hydrogen) atoms. The van der Waals surface area contributed by atoms with Crippen molar-refractivity contribution in [3.05, 3.63) is 65.2 Å². The lowest BCUT2D eigenvalue weighted by Gasteiger charge is -2.15. The number of benzene rings is 2. The van der Waals surface area contributed by atoms with Gasteiger partial charge in [0.25, 0.3) is 5.91 Å². The minimum absolute atomic E-state index is 0.129. The van der Waals surface area contributed by atoms with Crippen molar-refractivity contribution in [3.8, 4) is 0 Å². The van der Waals surface area contributed by atoms with Crippen LogP contribution in [0.4, 0.5) is 0 Å². The predicted molar refractivity (Wildman–Crippen MR) is 94.4 cm³/mol. The Labute approximate surface area is 143 Å². The summed E-state index contributed by atoms with van der Waals surface area (Å²) < 4.78 is 25.6. The molecule has 128 valence electrons. The molecule has 6 heteroatoms. The summed E-state index contributed by atoms with van der Waals surface area (Å²) in [5.74, 6) is -0.240. The number of aryl methyl sites for hydroxylation is 1. The smallest absolute Gasteiger partial charge is 0.251 e. The van der Waals surface area contributed by atoms with E-state index in [9.17, 15) is 13.2 Å². The molecule has 2 aromatic carbocycles. The number of amides is 1. The highest BCUT2D eigenvalue weighted by Gasteiger charge is 2.14. The zero-order valence-electron chi connectivity index (χ0n) is 14.0. The number of sulfonamides is 1. The Morgan fingerprint density at radius 2 is 1.62 bits per heavy atom. The van der Waals surface area contributed by atoms with Crippen LogP contribution < -0.4 is 10.0 Å². The highest BCUT2D eigenvalue weighted by Crippen LogP contribution is 2.15. The van der Waals surface area contributed by atoms with Gasteiger partial charge in [-0.2, -0.15) is 0 Å². The van der Waals surface area contributed by atoms with Gasteiger partial charge >= 0.3 is 0 Å². The fourth-order valence-electron chi connectivity index (χ4n) is 2.31. The number of nitrogens with one attached hydrogen (secondary N) is 2. The Balaban J connectivity index is 2.08. The average molecular weight is 346 g/mol. The first kappa shape index (κ1) is 18.2. The molecule has 1 atom stereocenters. The molecule has 0 aliphatic heterocycles. The van der Waals surface area contributed by atoms with Crippen LogP contribution in [0.5, 0.6) is 0 Å². The van der Waals surface area contributed by atoms with Crippen molar-refractivity contribution >= 4 is 15.9 Å². The van der Waals surface area contributed by atoms with E-state index >= 15 is 0 Å². The Kier molecular flexibility index (Phi) is 5.75. The van der Waals surface area contributed by atoms with E-state index in [0.717, 1.165) is 12.0 Å². The molecule has 0 spiro atoms. The quantitative estimate of drug-likeness (QED) is 0.844. The van der Waals surface area contributed by atoms with Gasteiger partial charge < -0.3 is 5.32 Å². The summed E-state index contributed by atoms with van der Waals surface area (Å²) in [5.41, 5.74) is 2.69. The topological polar surface area (TPSA) is 75.3 Å². The van der Waals surface area contributed by atoms with Gasteiger partial charge in [-0.1, -0.05) is 31.2 Å². The third-order valence-corrected chi connectivity index (χ3v) is 5.36. The third-order valence-electron chi connectivity index (χ3n) is 3.93. The van der Waals surface area contributed by atoms with Crippen LogP contribution in [0.1, 0.15) is 41.4 Å². The summed E-state index contributed by atoms with van der Waals surface area (Å²) >= 11 is 0. The SMILES string of the molecule is CCc1ccc(C(C)NC(=O)c2ccc(S(=O)(=O)NC)cc2)cc1. The molecule has 2 N–H and O–H groups in total. The number of hydrogen-bond acceptors (Lipinski definition) is 3. The van der Waals surface area contributed by atoms with Crippen LogP contribution in [0.25, 0.3) is 0 Å². The fourth-order valence-corrected chi connectivity index (χ4v) is 3.04. The van der Waals surface area contributed by atoms with Gasteiger partial charge in [0.1, 0.15) is 0 Å². The van der Waals surface area contributed by atoms with Gasteiger partial charge in [-0.3, -0.25) is 4.79 Å². The van der Waals surface area contributed by atoms with E-state index in [0.29, 0.717) is 5.56 Å². The van der Waals surface area contributed by atoms with Gasteiger partial charge in [-0.15, -0.1) is 0 Å². The summed E-state index contributed by atoms with van der Waals surface area (Å²) in [6.07, 6.45) is 0.975. The van der Waals surface area contributed by atoms with Crippen LogP contribution in [0.15, 0.2) is 53.4 Å². The molecule has 2 rings (SSSR count). The number of carbonyl (C=O) groups is 1. The molecule has 0 aromatic heterocycles. The monoisotopic (exact) mass is 346 g/mol. The summed E-state index contributed by atoms with van der Waals surface area (Å²) in [5, 5.41) is 2.92. The molecular weight excluding hydrogens is 324 g/mol. The maximum Gasteiger partial charge on any atom is 0.251 e. The molecule has 0 saturated carbocycles. The Bertz CT molecular complexity index is 797. The van der Waals surface area contributed by atoms with Gasteiger partial charge in [0.05, 0.1) is 10.9 Å². The molecule has 0 saturated heterocycles. The molecule has 1 amide bonds. The second kappa shape index (κ2) is 7.59. The molecule has 2 aromatic rings. The van der Waals surface area contributed by atoms with Gasteiger partial charge in [0, 0.05) is 5.56 Å². The number of hydrogen-bond donors (Lipinski definition) is 2. The van der Waals surface area contributed by atoms with E-state index < -0.39 is 10.0 Å². The third kappa shape index (κ3) is 4.21. The van der Waals surface area contributed by atoms with Gasteiger partial charge in [0.15, 0.2) is 0 Å². The largest absolute Gasteiger partial charge is 0.346 e. The van der Waals surface area contributed by atoms with Crippen molar-refractivity contribution in [1.29, 1.82) is 0 Å². The molecule has 1 unspecified atom stereocenters. The van der Waals surface area contributed by atoms with E-state index in [1.165, 1.54) is 36.9 Å². The maximum atomic E-state index is 12.3. The lowest BCUT2D eigenvalue weighted by molar-refractivity contribution is 0.0940. The highest BCUT2D eigenvalue weighted by molar-refractivity contribution is 7.89. The molecule has 0 radical (unpaired) electrons. The summed E-state index contributed by atoms with van der Waals surface area (Å²) in [7, 11) is -2.15. The molecule has 5 nitrogen and oxygen atoms in total. The van der Waals surface area contributed by atoms with Crippen LogP contribution in [-0.4, -0.2) is 21.4 Å². The van der Waals surface area contributed by atoms with Crippen molar-refractivity contribution in [2.75, 3.05) is 7.05 Å². The van der Waals surface area contributed by atoms with E-state index in [-0.39, 0.29) is 16.8 Å². The first-order valence-electron chi connectivity index (χ1n) is 7.80. The lowest BCUT2D eigenvalue weighted by atomic mass is 10.0. The normalized spacial score (nSPS) is 12.6. The summed E-state index contributed by atoms with van der Waals surface area (Å²) in [6, 6.07) is 13.8. The summed E-state index contributed by atoms with van der Waals surface area (Å²) in [6.45, 7) is 4.01. The van der Waals surface area contributed by atoms with Crippen LogP contribution in [-0.2, 0) is 16.4 Å². The first-order valence-corrected chi connectivity index (χ1v) is 9.29. The van der Waals surface area contributed by atoms with Crippen LogP contribution in [0.2, 0.25) is 0 Å². The van der Waals surface area contributed by atoms with Crippen molar-refractivity contribution in [2.24, 2.45) is 0 Å². The Morgan fingerprint density at radius 1 is 1.04 bits per heavy atom. The fraction of sp³-hybridized carbons (Fsp3) is 0.278. The van der Waals surface area contributed by atoms with Crippen LogP contribution >= 0.6 is 0 Å². The van der Waals surface area contributed by atoms with Gasteiger partial charge in [-0.25, -0.2) is 13.1 Å². The minimum Gasteiger partial charge on any atom is -0.346 e. The average Bonchev–Trinajstić information content (AvgIpc) is 2.61. The van der Waals surface area contributed by atoms with Crippen LogP contribution in [0, 0.1) is 0 Å². The lowest BCUT2D eigenvalue weighted by Crippen LogP contribution is -2.26. The van der Waals surface area contributed by atoms with E-state index in [4.69, 9.17) is 0 Å². The van der Waals surface area contributed by atoms with Gasteiger partial charge in [-0.05, 0) is 55.8 Å². The van der Waals surface area contributed by atoms with E-state index in [1.807, 2.05) is 19.1 Å². The number of carbonyl (C=O) groups excluding carboxylic acids is 1. The van der Waals surface area contributed by atoms with Gasteiger partial charge in [0.2, 0.25) is 10.0 Å². The predicted octanol–water partition coefficient (Wildman–Crippen LogP) is 2.65. The minimum atomic E-state index is -3.50. The zero-order valence-corrected chi connectivity index (χ0v) is 14.9. The first-order chi connectivity index (χ1) is 11.4. The van der Waals surface area contributed by atoms with Crippen molar-refractivity contribution in [3.63, 3.8) is 0 Å². The molecule has 0 aliphatic carbocycles. The van der Waals surface area contributed by atoms with E-state index in [2.05, 4.69) is 29.1 Å². The second-order valence-electron chi connectivity index (χ2n) is 5.52. The maximum absolute atomic E-state index is 12.3. The van der Waals surface area contributed by atoms with Crippen molar-refractivity contribution in [1.82, 2.24) is 10.0 Å². The Hall–Kier alpha value is -2.18. The Morgan fingerprint density at radius 3 is 2.12 bits per heavy atom. The van der Waals surface area contributed by atoms with Crippen molar-refractivity contribution in [2.45, 2.75) is 31.2 Å². The zero-order chi connectivity index (χ0) is 17.7. The summed E-state index contributed by atoms with van der Waals surface area (Å²) in [4.78, 5) is 12.4. The molecule has 0 fully saturated rings. The number of rotatable bonds is 6. The van der Waals surface area contributed by atoms with Crippen LogP contribution in [0.3, 0.4) is 0 Å². The molecular formula is C18H22N2O3S. The second-order valence-corrected chi connectivity index (χ2v) is 7.41.